The minimum absolute atomic E-state index is 0.189. The van der Waals surface area contributed by atoms with E-state index in [1.165, 1.54) is 0 Å². The predicted octanol–water partition coefficient (Wildman–Crippen LogP) is 4.14. The number of halogens is 1. The lowest BCUT2D eigenvalue weighted by Crippen LogP contribution is -2.14. The van der Waals surface area contributed by atoms with Crippen LogP contribution in [-0.4, -0.2) is 22.8 Å². The van der Waals surface area contributed by atoms with Crippen LogP contribution < -0.4 is 14.8 Å². The van der Waals surface area contributed by atoms with Crippen LogP contribution in [0.1, 0.15) is 16.1 Å². The summed E-state index contributed by atoms with van der Waals surface area (Å²) in [6, 6.07) is 14.2. The lowest BCUT2D eigenvalue weighted by atomic mass is 10.2. The summed E-state index contributed by atoms with van der Waals surface area (Å²) >= 11 is 5.93. The Labute approximate surface area is 156 Å². The maximum Gasteiger partial charge on any atom is 0.276 e. The number of anilines is 1. The maximum atomic E-state index is 12.3. The number of hydrogen-bond donors (Lipinski definition) is 1. The van der Waals surface area contributed by atoms with E-state index < -0.39 is 0 Å². The summed E-state index contributed by atoms with van der Waals surface area (Å²) in [5.41, 5.74) is 1.86. The van der Waals surface area contributed by atoms with E-state index in [9.17, 15) is 4.79 Å². The summed E-state index contributed by atoms with van der Waals surface area (Å²) in [4.78, 5) is 12.3. The Morgan fingerprint density at radius 3 is 2.85 bits per heavy atom. The van der Waals surface area contributed by atoms with Crippen LogP contribution in [0.15, 0.2) is 54.7 Å². The van der Waals surface area contributed by atoms with Crippen molar-refractivity contribution in [1.29, 1.82) is 0 Å². The first-order valence-electron chi connectivity index (χ1n) is 7.93. The molecule has 0 saturated carbocycles. The highest BCUT2D eigenvalue weighted by molar-refractivity contribution is 6.30. The molecule has 0 bridgehead atoms. The number of carbonyl (C=O) groups is 1. The smallest absolute Gasteiger partial charge is 0.276 e. The van der Waals surface area contributed by atoms with Crippen molar-refractivity contribution >= 4 is 23.2 Å². The number of rotatable bonds is 6. The van der Waals surface area contributed by atoms with E-state index in [4.69, 9.17) is 21.1 Å². The molecule has 0 aliphatic heterocycles. The van der Waals surface area contributed by atoms with Gasteiger partial charge in [-0.25, -0.2) is 4.68 Å². The fourth-order valence-corrected chi connectivity index (χ4v) is 2.59. The zero-order valence-corrected chi connectivity index (χ0v) is 15.2. The number of benzene rings is 2. The maximum absolute atomic E-state index is 12.3. The number of methoxy groups -OCH3 is 1. The molecule has 0 saturated heterocycles. The van der Waals surface area contributed by atoms with E-state index in [-0.39, 0.29) is 12.6 Å². The number of amides is 1. The molecule has 7 heteroatoms. The monoisotopic (exact) mass is 371 g/mol. The molecule has 26 heavy (non-hydrogen) atoms. The molecule has 134 valence electrons. The number of aryl methyl sites for hydroxylation is 1. The van der Waals surface area contributed by atoms with Gasteiger partial charge in [-0.1, -0.05) is 17.7 Å². The minimum atomic E-state index is -0.306. The zero-order chi connectivity index (χ0) is 18.5. The van der Waals surface area contributed by atoms with Gasteiger partial charge >= 0.3 is 0 Å². The number of hydrogen-bond acceptors (Lipinski definition) is 4. The molecule has 3 rings (SSSR count). The summed E-state index contributed by atoms with van der Waals surface area (Å²) in [6.07, 6.45) is 1.69. The molecule has 1 heterocycles. The van der Waals surface area contributed by atoms with Crippen LogP contribution in [0, 0.1) is 6.92 Å². The van der Waals surface area contributed by atoms with Gasteiger partial charge in [-0.05, 0) is 48.9 Å². The van der Waals surface area contributed by atoms with Crippen molar-refractivity contribution < 1.29 is 14.3 Å². The lowest BCUT2D eigenvalue weighted by molar-refractivity contribution is 0.102. The highest BCUT2D eigenvalue weighted by Crippen LogP contribution is 2.22. The van der Waals surface area contributed by atoms with E-state index in [0.717, 1.165) is 5.56 Å². The summed E-state index contributed by atoms with van der Waals surface area (Å²) < 4.78 is 12.4. The Bertz CT molecular complexity index is 924. The molecular formula is C19H18ClN3O3. The third kappa shape index (κ3) is 4.34. The third-order valence-electron chi connectivity index (χ3n) is 3.69. The molecule has 0 atom stereocenters. The predicted molar refractivity (Wildman–Crippen MR) is 100.0 cm³/mol. The summed E-state index contributed by atoms with van der Waals surface area (Å²) in [6.45, 7) is 2.10. The van der Waals surface area contributed by atoms with Crippen molar-refractivity contribution in [2.24, 2.45) is 0 Å². The number of carbonyl (C=O) groups excluding carboxylic acids is 1. The van der Waals surface area contributed by atoms with E-state index in [1.807, 2.05) is 13.0 Å². The summed E-state index contributed by atoms with van der Waals surface area (Å²) in [5, 5.41) is 7.68. The van der Waals surface area contributed by atoms with Gasteiger partial charge in [0.15, 0.2) is 12.4 Å². The largest absolute Gasteiger partial charge is 0.497 e. The van der Waals surface area contributed by atoms with Crippen molar-refractivity contribution in [3.8, 4) is 11.5 Å². The van der Waals surface area contributed by atoms with Crippen LogP contribution in [-0.2, 0) is 6.73 Å². The molecule has 1 amide bonds. The normalized spacial score (nSPS) is 10.4. The molecule has 2 aromatic carbocycles. The van der Waals surface area contributed by atoms with Crippen LogP contribution in [0.5, 0.6) is 11.5 Å². The summed E-state index contributed by atoms with van der Waals surface area (Å²) in [5.74, 6) is 1.08. The topological polar surface area (TPSA) is 65.4 Å². The van der Waals surface area contributed by atoms with Gasteiger partial charge in [-0.15, -0.1) is 0 Å². The van der Waals surface area contributed by atoms with Crippen LogP contribution in [0.4, 0.5) is 5.69 Å². The molecular weight excluding hydrogens is 354 g/mol. The molecule has 1 N–H and O–H groups in total. The Kier molecular flexibility index (Phi) is 5.43. The molecule has 3 aromatic rings. The van der Waals surface area contributed by atoms with Crippen molar-refractivity contribution in [2.75, 3.05) is 12.4 Å². The first-order chi connectivity index (χ1) is 12.5. The van der Waals surface area contributed by atoms with Gasteiger partial charge in [0.05, 0.1) is 7.11 Å². The minimum Gasteiger partial charge on any atom is -0.497 e. The molecule has 1 aromatic heterocycles. The van der Waals surface area contributed by atoms with Crippen LogP contribution in [0.2, 0.25) is 5.02 Å². The van der Waals surface area contributed by atoms with E-state index in [2.05, 4.69) is 10.4 Å². The highest BCUT2D eigenvalue weighted by atomic mass is 35.5. The molecule has 6 nitrogen and oxygen atoms in total. The standard InChI is InChI=1S/C19H18ClN3O3/c1-13-10-14(20)6-7-18(13)26-12-23-9-8-17(22-23)19(24)21-15-4-3-5-16(11-15)25-2/h3-11H,12H2,1-2H3,(H,21,24). The lowest BCUT2D eigenvalue weighted by Gasteiger charge is -2.09. The third-order valence-corrected chi connectivity index (χ3v) is 3.93. The fraction of sp³-hybridized carbons (Fsp3) is 0.158. The Morgan fingerprint density at radius 1 is 1.23 bits per heavy atom. The second-order valence-electron chi connectivity index (χ2n) is 5.61. The highest BCUT2D eigenvalue weighted by Gasteiger charge is 2.11. The second kappa shape index (κ2) is 7.93. The van der Waals surface area contributed by atoms with Crippen molar-refractivity contribution in [3.05, 3.63) is 71.0 Å². The van der Waals surface area contributed by atoms with E-state index in [1.54, 1.807) is 60.5 Å². The van der Waals surface area contributed by atoms with Gasteiger partial charge in [0.1, 0.15) is 11.5 Å². The first-order valence-corrected chi connectivity index (χ1v) is 8.31. The van der Waals surface area contributed by atoms with Crippen molar-refractivity contribution in [1.82, 2.24) is 9.78 Å². The SMILES string of the molecule is COc1cccc(NC(=O)c2ccn(COc3ccc(Cl)cc3C)n2)c1. The average Bonchev–Trinajstić information content (AvgIpc) is 3.10. The van der Waals surface area contributed by atoms with Gasteiger partial charge in [0.2, 0.25) is 0 Å². The van der Waals surface area contributed by atoms with Gasteiger partial charge in [0, 0.05) is 23.0 Å². The molecule has 0 fully saturated rings. The molecule has 0 unspecified atom stereocenters. The number of nitrogens with zero attached hydrogens (tertiary/aromatic N) is 2. The second-order valence-corrected chi connectivity index (χ2v) is 6.05. The van der Waals surface area contributed by atoms with Crippen LogP contribution in [0.25, 0.3) is 0 Å². The number of nitrogens with one attached hydrogen (secondary N) is 1. The fourth-order valence-electron chi connectivity index (χ4n) is 2.36. The van der Waals surface area contributed by atoms with Crippen LogP contribution in [0.3, 0.4) is 0 Å². The Hall–Kier alpha value is -2.99. The van der Waals surface area contributed by atoms with E-state index in [0.29, 0.717) is 27.9 Å². The molecule has 0 radical (unpaired) electrons. The quantitative estimate of drug-likeness (QED) is 0.707. The van der Waals surface area contributed by atoms with Gasteiger partial charge in [-0.2, -0.15) is 5.10 Å². The first kappa shape index (κ1) is 17.8. The van der Waals surface area contributed by atoms with Gasteiger partial charge < -0.3 is 14.8 Å². The Morgan fingerprint density at radius 2 is 2.08 bits per heavy atom. The van der Waals surface area contributed by atoms with Gasteiger partial charge in [-0.3, -0.25) is 4.79 Å². The number of aromatic nitrogens is 2. The van der Waals surface area contributed by atoms with Gasteiger partial charge in [0.25, 0.3) is 5.91 Å². The average molecular weight is 372 g/mol. The van der Waals surface area contributed by atoms with Crippen LogP contribution >= 0.6 is 11.6 Å². The molecule has 0 aliphatic rings. The molecule has 0 aliphatic carbocycles. The van der Waals surface area contributed by atoms with E-state index >= 15 is 0 Å². The van der Waals surface area contributed by atoms with Crippen molar-refractivity contribution in [3.63, 3.8) is 0 Å². The Balaban J connectivity index is 1.62. The van der Waals surface area contributed by atoms with Crippen molar-refractivity contribution in [2.45, 2.75) is 13.7 Å². The zero-order valence-electron chi connectivity index (χ0n) is 14.4. The summed E-state index contributed by atoms with van der Waals surface area (Å²) in [7, 11) is 1.57. The number of ether oxygens (including phenoxy) is 2. The molecule has 0 spiro atoms.